The summed E-state index contributed by atoms with van der Waals surface area (Å²) in [7, 11) is 0. The van der Waals surface area contributed by atoms with Gasteiger partial charge in [0.15, 0.2) is 0 Å². The Morgan fingerprint density at radius 2 is 2.17 bits per heavy atom. The van der Waals surface area contributed by atoms with Crippen LogP contribution in [0.15, 0.2) is 0 Å². The second-order valence-electron chi connectivity index (χ2n) is 3.60. The molecule has 0 aromatic rings. The van der Waals surface area contributed by atoms with Crippen molar-refractivity contribution >= 4 is 5.97 Å². The zero-order chi connectivity index (χ0) is 9.14. The van der Waals surface area contributed by atoms with Gasteiger partial charge >= 0.3 is 5.97 Å². The first-order valence-corrected chi connectivity index (χ1v) is 4.49. The molecule has 70 valence electrons. The molecule has 0 amide bonds. The summed E-state index contributed by atoms with van der Waals surface area (Å²) in [6, 6.07) is 0. The highest BCUT2D eigenvalue weighted by atomic mass is 16.5. The molecule has 0 aliphatic heterocycles. The van der Waals surface area contributed by atoms with Gasteiger partial charge in [0.2, 0.25) is 0 Å². The smallest absolute Gasteiger partial charge is 0.309 e. The van der Waals surface area contributed by atoms with Crippen molar-refractivity contribution in [2.45, 2.75) is 45.3 Å². The van der Waals surface area contributed by atoms with E-state index in [4.69, 9.17) is 9.84 Å². The summed E-state index contributed by atoms with van der Waals surface area (Å²) >= 11 is 0. The summed E-state index contributed by atoms with van der Waals surface area (Å²) in [6.45, 7) is 3.88. The lowest BCUT2D eigenvalue weighted by Crippen LogP contribution is -2.27. The van der Waals surface area contributed by atoms with Crippen molar-refractivity contribution in [3.63, 3.8) is 0 Å². The van der Waals surface area contributed by atoms with Crippen LogP contribution in [-0.2, 0) is 9.53 Å². The molecule has 0 heterocycles. The highest BCUT2D eigenvalue weighted by Crippen LogP contribution is 2.29. The molecule has 2 unspecified atom stereocenters. The number of carbonyl (C=O) groups is 1. The molecule has 1 aliphatic carbocycles. The van der Waals surface area contributed by atoms with Gasteiger partial charge in [-0.2, -0.15) is 0 Å². The van der Waals surface area contributed by atoms with Crippen LogP contribution < -0.4 is 0 Å². The van der Waals surface area contributed by atoms with E-state index in [9.17, 15) is 4.79 Å². The highest BCUT2D eigenvalue weighted by Gasteiger charge is 2.33. The van der Waals surface area contributed by atoms with Gasteiger partial charge in [0, 0.05) is 0 Å². The maximum absolute atomic E-state index is 10.7. The zero-order valence-corrected chi connectivity index (χ0v) is 7.62. The number of ether oxygens (including phenoxy) is 1. The van der Waals surface area contributed by atoms with Crippen molar-refractivity contribution in [1.82, 2.24) is 0 Å². The molecule has 1 aliphatic rings. The van der Waals surface area contributed by atoms with Crippen LogP contribution in [0.25, 0.3) is 0 Å². The number of hydrogen-bond acceptors (Lipinski definition) is 2. The van der Waals surface area contributed by atoms with Crippen LogP contribution in [0.1, 0.15) is 33.1 Å². The molecule has 0 aromatic carbocycles. The van der Waals surface area contributed by atoms with E-state index in [1.807, 2.05) is 13.8 Å². The first kappa shape index (κ1) is 9.52. The van der Waals surface area contributed by atoms with Crippen LogP contribution in [0.3, 0.4) is 0 Å². The van der Waals surface area contributed by atoms with Crippen LogP contribution >= 0.6 is 0 Å². The van der Waals surface area contributed by atoms with E-state index in [0.717, 1.165) is 19.3 Å². The third kappa shape index (κ3) is 2.21. The Hall–Kier alpha value is -0.570. The largest absolute Gasteiger partial charge is 0.481 e. The van der Waals surface area contributed by atoms with Gasteiger partial charge in [0.1, 0.15) is 0 Å². The van der Waals surface area contributed by atoms with Crippen molar-refractivity contribution in [3.05, 3.63) is 0 Å². The van der Waals surface area contributed by atoms with Crippen LogP contribution in [0.4, 0.5) is 0 Å². The van der Waals surface area contributed by atoms with Crippen LogP contribution in [0.2, 0.25) is 0 Å². The zero-order valence-electron chi connectivity index (χ0n) is 7.62. The molecule has 0 radical (unpaired) electrons. The predicted octanol–water partition coefficient (Wildman–Crippen LogP) is 1.66. The Morgan fingerprint density at radius 1 is 1.50 bits per heavy atom. The predicted molar refractivity (Wildman–Crippen MR) is 45.0 cm³/mol. The topological polar surface area (TPSA) is 46.5 Å². The Morgan fingerprint density at radius 3 is 2.67 bits per heavy atom. The van der Waals surface area contributed by atoms with Crippen molar-refractivity contribution in [1.29, 1.82) is 0 Å². The van der Waals surface area contributed by atoms with Crippen molar-refractivity contribution in [3.8, 4) is 0 Å². The van der Waals surface area contributed by atoms with Crippen molar-refractivity contribution in [2.24, 2.45) is 5.92 Å². The maximum Gasteiger partial charge on any atom is 0.309 e. The minimum Gasteiger partial charge on any atom is -0.481 e. The number of rotatable bonds is 3. The van der Waals surface area contributed by atoms with Crippen LogP contribution in [-0.4, -0.2) is 23.3 Å². The summed E-state index contributed by atoms with van der Waals surface area (Å²) < 4.78 is 5.50. The maximum atomic E-state index is 10.7. The second kappa shape index (κ2) is 3.90. The minimum atomic E-state index is -0.710. The summed E-state index contributed by atoms with van der Waals surface area (Å²) in [5.41, 5.74) is 0. The summed E-state index contributed by atoms with van der Waals surface area (Å²) in [4.78, 5) is 10.7. The molecule has 1 N–H and O–H groups in total. The van der Waals surface area contributed by atoms with E-state index < -0.39 is 5.97 Å². The van der Waals surface area contributed by atoms with Gasteiger partial charge in [-0.25, -0.2) is 0 Å². The fourth-order valence-electron chi connectivity index (χ4n) is 1.72. The Labute approximate surface area is 72.7 Å². The standard InChI is InChI=1S/C9H16O3/c1-6(2)12-8-5-3-4-7(8)9(10)11/h6-8H,3-5H2,1-2H3,(H,10,11). The molecule has 1 rings (SSSR count). The minimum absolute atomic E-state index is 0.0532. The highest BCUT2D eigenvalue weighted by molar-refractivity contribution is 5.71. The van der Waals surface area contributed by atoms with E-state index in [0.29, 0.717) is 0 Å². The number of aliphatic carboxylic acids is 1. The van der Waals surface area contributed by atoms with Gasteiger partial charge in [0.05, 0.1) is 18.1 Å². The van der Waals surface area contributed by atoms with Gasteiger partial charge in [-0.05, 0) is 33.1 Å². The van der Waals surface area contributed by atoms with Gasteiger partial charge in [-0.15, -0.1) is 0 Å². The molecule has 3 nitrogen and oxygen atoms in total. The second-order valence-corrected chi connectivity index (χ2v) is 3.60. The monoisotopic (exact) mass is 172 g/mol. The summed E-state index contributed by atoms with van der Waals surface area (Å²) in [6.07, 6.45) is 2.73. The molecule has 3 heteroatoms. The van der Waals surface area contributed by atoms with Gasteiger partial charge in [0.25, 0.3) is 0 Å². The summed E-state index contributed by atoms with van der Waals surface area (Å²) in [5, 5.41) is 8.82. The fourth-order valence-corrected chi connectivity index (χ4v) is 1.72. The number of carboxylic acids is 1. The Balaban J connectivity index is 2.46. The lowest BCUT2D eigenvalue weighted by molar-refractivity contribution is -0.147. The molecule has 12 heavy (non-hydrogen) atoms. The number of carboxylic acid groups (broad SMARTS) is 1. The van der Waals surface area contributed by atoms with E-state index in [2.05, 4.69) is 0 Å². The fraction of sp³-hybridized carbons (Fsp3) is 0.889. The molecule has 1 fully saturated rings. The van der Waals surface area contributed by atoms with E-state index in [1.165, 1.54) is 0 Å². The van der Waals surface area contributed by atoms with Crippen LogP contribution in [0.5, 0.6) is 0 Å². The van der Waals surface area contributed by atoms with Crippen molar-refractivity contribution in [2.75, 3.05) is 0 Å². The average Bonchev–Trinajstić information content (AvgIpc) is 2.33. The summed E-state index contributed by atoms with van der Waals surface area (Å²) in [5.74, 6) is -0.981. The van der Waals surface area contributed by atoms with Gasteiger partial charge in [-0.3, -0.25) is 4.79 Å². The van der Waals surface area contributed by atoms with Gasteiger partial charge in [-0.1, -0.05) is 0 Å². The lowest BCUT2D eigenvalue weighted by atomic mass is 10.1. The molecular formula is C9H16O3. The molecular weight excluding hydrogens is 156 g/mol. The van der Waals surface area contributed by atoms with E-state index >= 15 is 0 Å². The molecule has 2 atom stereocenters. The third-order valence-electron chi connectivity index (χ3n) is 2.22. The van der Waals surface area contributed by atoms with Crippen LogP contribution in [0, 0.1) is 5.92 Å². The molecule has 1 saturated carbocycles. The van der Waals surface area contributed by atoms with Gasteiger partial charge < -0.3 is 9.84 Å². The average molecular weight is 172 g/mol. The first-order chi connectivity index (χ1) is 5.61. The Kier molecular flexibility index (Phi) is 3.09. The first-order valence-electron chi connectivity index (χ1n) is 4.49. The van der Waals surface area contributed by atoms with Crippen molar-refractivity contribution < 1.29 is 14.6 Å². The number of hydrogen-bond donors (Lipinski definition) is 1. The molecule has 0 aromatic heterocycles. The molecule has 0 spiro atoms. The molecule has 0 bridgehead atoms. The quantitative estimate of drug-likeness (QED) is 0.704. The SMILES string of the molecule is CC(C)OC1CCCC1C(=O)O. The lowest BCUT2D eigenvalue weighted by Gasteiger charge is -2.19. The third-order valence-corrected chi connectivity index (χ3v) is 2.22. The van der Waals surface area contributed by atoms with E-state index in [-0.39, 0.29) is 18.1 Å². The Bertz CT molecular complexity index is 165. The van der Waals surface area contributed by atoms with E-state index in [1.54, 1.807) is 0 Å². The molecule has 0 saturated heterocycles. The normalized spacial score (nSPS) is 29.6.